The van der Waals surface area contributed by atoms with E-state index >= 15 is 0 Å². The first-order chi connectivity index (χ1) is 10.5. The smallest absolute Gasteiger partial charge is 0.251 e. The molecule has 1 heterocycles. The van der Waals surface area contributed by atoms with Gasteiger partial charge in [0.2, 0.25) is 5.91 Å². The third-order valence-corrected chi connectivity index (χ3v) is 3.55. The molecule has 1 atom stereocenters. The number of benzene rings is 1. The van der Waals surface area contributed by atoms with Crippen molar-refractivity contribution >= 4 is 27.7 Å². The quantitative estimate of drug-likeness (QED) is 0.856. The molecule has 1 aromatic carbocycles. The predicted molar refractivity (Wildman–Crippen MR) is 86.5 cm³/mol. The highest BCUT2D eigenvalue weighted by atomic mass is 79.9. The molecule has 116 valence electrons. The van der Waals surface area contributed by atoms with Crippen LogP contribution in [-0.2, 0) is 4.79 Å². The summed E-state index contributed by atoms with van der Waals surface area (Å²) in [6, 6.07) is 10.4. The minimum atomic E-state index is -0.294. The Morgan fingerprint density at radius 3 is 2.68 bits per heavy atom. The maximum atomic E-state index is 11.9. The van der Waals surface area contributed by atoms with E-state index in [1.54, 1.807) is 18.2 Å². The Hall–Kier alpha value is -2.08. The van der Waals surface area contributed by atoms with Crippen molar-refractivity contribution in [3.8, 4) is 0 Å². The Morgan fingerprint density at radius 2 is 2.05 bits per heavy atom. The zero-order valence-corrected chi connectivity index (χ0v) is 13.9. The van der Waals surface area contributed by atoms with Crippen molar-refractivity contribution in [2.24, 2.45) is 0 Å². The van der Waals surface area contributed by atoms with Gasteiger partial charge in [-0.25, -0.2) is 0 Å². The van der Waals surface area contributed by atoms with Gasteiger partial charge in [0.05, 0.1) is 12.6 Å². The molecule has 2 N–H and O–H groups in total. The van der Waals surface area contributed by atoms with Gasteiger partial charge in [0, 0.05) is 10.0 Å². The van der Waals surface area contributed by atoms with E-state index < -0.39 is 0 Å². The van der Waals surface area contributed by atoms with Crippen LogP contribution in [0.25, 0.3) is 0 Å². The van der Waals surface area contributed by atoms with Gasteiger partial charge in [-0.2, -0.15) is 0 Å². The third-order valence-electron chi connectivity index (χ3n) is 3.06. The van der Waals surface area contributed by atoms with Crippen molar-refractivity contribution in [3.63, 3.8) is 0 Å². The van der Waals surface area contributed by atoms with Gasteiger partial charge in [0.15, 0.2) is 0 Å². The lowest BCUT2D eigenvalue weighted by Crippen LogP contribution is -2.37. The monoisotopic (exact) mass is 364 g/mol. The van der Waals surface area contributed by atoms with Crippen LogP contribution >= 0.6 is 15.9 Å². The van der Waals surface area contributed by atoms with E-state index in [1.165, 1.54) is 0 Å². The second kappa shape index (κ2) is 7.26. The summed E-state index contributed by atoms with van der Waals surface area (Å²) >= 11 is 3.30. The van der Waals surface area contributed by atoms with E-state index in [0.717, 1.165) is 10.2 Å². The highest BCUT2D eigenvalue weighted by molar-refractivity contribution is 9.10. The molecular weight excluding hydrogens is 348 g/mol. The Labute approximate surface area is 137 Å². The van der Waals surface area contributed by atoms with Gasteiger partial charge in [-0.15, -0.1) is 0 Å². The van der Waals surface area contributed by atoms with E-state index in [4.69, 9.17) is 4.42 Å². The van der Waals surface area contributed by atoms with Crippen LogP contribution in [-0.4, -0.2) is 18.4 Å². The summed E-state index contributed by atoms with van der Waals surface area (Å²) in [4.78, 5) is 23.8. The summed E-state index contributed by atoms with van der Waals surface area (Å²) in [6.07, 6.45) is 0. The van der Waals surface area contributed by atoms with Crippen LogP contribution in [0.4, 0.5) is 0 Å². The zero-order valence-electron chi connectivity index (χ0n) is 12.4. The number of rotatable bonds is 5. The Morgan fingerprint density at radius 1 is 1.27 bits per heavy atom. The number of aryl methyl sites for hydroxylation is 1. The minimum absolute atomic E-state index is 0.0879. The fraction of sp³-hybridized carbons (Fsp3) is 0.250. The van der Waals surface area contributed by atoms with E-state index in [-0.39, 0.29) is 24.4 Å². The van der Waals surface area contributed by atoms with Crippen LogP contribution in [0, 0.1) is 6.92 Å². The molecule has 0 aliphatic heterocycles. The molecule has 0 spiro atoms. The van der Waals surface area contributed by atoms with Crippen molar-refractivity contribution in [1.82, 2.24) is 10.6 Å². The maximum absolute atomic E-state index is 11.9. The second-order valence-corrected chi connectivity index (χ2v) is 5.85. The molecule has 6 heteroatoms. The van der Waals surface area contributed by atoms with Crippen LogP contribution in [0.3, 0.4) is 0 Å². The average Bonchev–Trinajstić information content (AvgIpc) is 2.91. The topological polar surface area (TPSA) is 71.3 Å². The molecule has 5 nitrogen and oxygen atoms in total. The first-order valence-corrected chi connectivity index (χ1v) is 7.64. The number of amides is 2. The number of hydrogen-bond donors (Lipinski definition) is 2. The number of halogens is 1. The summed E-state index contributed by atoms with van der Waals surface area (Å²) in [7, 11) is 0. The van der Waals surface area contributed by atoms with E-state index in [2.05, 4.69) is 26.6 Å². The number of nitrogens with one attached hydrogen (secondary N) is 2. The molecule has 1 aromatic heterocycles. The number of hydrogen-bond acceptors (Lipinski definition) is 3. The molecule has 2 amide bonds. The van der Waals surface area contributed by atoms with E-state index in [1.807, 2.05) is 32.0 Å². The van der Waals surface area contributed by atoms with Crippen LogP contribution in [0.1, 0.15) is 34.8 Å². The Balaban J connectivity index is 1.83. The lowest BCUT2D eigenvalue weighted by Gasteiger charge is -2.12. The van der Waals surface area contributed by atoms with Crippen molar-refractivity contribution in [2.75, 3.05) is 6.54 Å². The van der Waals surface area contributed by atoms with Crippen LogP contribution in [0.5, 0.6) is 0 Å². The summed E-state index contributed by atoms with van der Waals surface area (Å²) in [5.74, 6) is 0.908. The van der Waals surface area contributed by atoms with E-state index in [9.17, 15) is 9.59 Å². The van der Waals surface area contributed by atoms with Gasteiger partial charge < -0.3 is 15.1 Å². The number of carbonyl (C=O) groups is 2. The van der Waals surface area contributed by atoms with Crippen LogP contribution in [0.2, 0.25) is 0 Å². The van der Waals surface area contributed by atoms with Crippen molar-refractivity contribution < 1.29 is 14.0 Å². The molecule has 0 aliphatic rings. The molecule has 2 aromatic rings. The maximum Gasteiger partial charge on any atom is 0.251 e. The third kappa shape index (κ3) is 4.46. The lowest BCUT2D eigenvalue weighted by atomic mass is 10.2. The van der Waals surface area contributed by atoms with Gasteiger partial charge >= 0.3 is 0 Å². The molecule has 0 saturated carbocycles. The van der Waals surface area contributed by atoms with E-state index in [0.29, 0.717) is 11.3 Å². The van der Waals surface area contributed by atoms with Gasteiger partial charge in [-0.3, -0.25) is 9.59 Å². The average molecular weight is 365 g/mol. The van der Waals surface area contributed by atoms with Crippen molar-refractivity contribution in [2.45, 2.75) is 19.9 Å². The molecular formula is C16H17BrN2O3. The molecule has 0 bridgehead atoms. The molecule has 2 rings (SSSR count). The number of carbonyl (C=O) groups excluding carboxylic acids is 2. The van der Waals surface area contributed by atoms with Crippen molar-refractivity contribution in [1.29, 1.82) is 0 Å². The van der Waals surface area contributed by atoms with Crippen molar-refractivity contribution in [3.05, 3.63) is 58.0 Å². The van der Waals surface area contributed by atoms with Crippen LogP contribution < -0.4 is 10.6 Å². The minimum Gasteiger partial charge on any atom is -0.464 e. The lowest BCUT2D eigenvalue weighted by molar-refractivity contribution is -0.120. The Bertz CT molecular complexity index is 682. The SMILES string of the molecule is Cc1ccc(C(C)NC(=O)CNC(=O)c2cccc(Br)c2)o1. The first-order valence-electron chi connectivity index (χ1n) is 6.85. The zero-order chi connectivity index (χ0) is 16.1. The normalized spacial score (nSPS) is 11.8. The molecule has 0 fully saturated rings. The second-order valence-electron chi connectivity index (χ2n) is 4.93. The highest BCUT2D eigenvalue weighted by Gasteiger charge is 2.14. The highest BCUT2D eigenvalue weighted by Crippen LogP contribution is 2.15. The molecule has 0 radical (unpaired) electrons. The molecule has 0 aliphatic carbocycles. The summed E-state index contributed by atoms with van der Waals surface area (Å²) in [5, 5.41) is 5.36. The van der Waals surface area contributed by atoms with Gasteiger partial charge in [0.25, 0.3) is 5.91 Å². The molecule has 0 saturated heterocycles. The molecule has 22 heavy (non-hydrogen) atoms. The summed E-state index contributed by atoms with van der Waals surface area (Å²) in [5.41, 5.74) is 0.497. The standard InChI is InChI=1S/C16H17BrN2O3/c1-10-6-7-14(22-10)11(2)19-15(20)9-18-16(21)12-4-3-5-13(17)8-12/h3-8,11H,9H2,1-2H3,(H,18,21)(H,19,20). The van der Waals surface area contributed by atoms with Crippen LogP contribution in [0.15, 0.2) is 45.3 Å². The van der Waals surface area contributed by atoms with Gasteiger partial charge in [-0.05, 0) is 44.2 Å². The first kappa shape index (κ1) is 16.3. The molecule has 1 unspecified atom stereocenters. The van der Waals surface area contributed by atoms with Gasteiger partial charge in [-0.1, -0.05) is 22.0 Å². The number of furan rings is 1. The van der Waals surface area contributed by atoms with Gasteiger partial charge in [0.1, 0.15) is 11.5 Å². The fourth-order valence-corrected chi connectivity index (χ4v) is 2.34. The largest absolute Gasteiger partial charge is 0.464 e. The fourth-order valence-electron chi connectivity index (χ4n) is 1.94. The Kier molecular flexibility index (Phi) is 5.38. The summed E-state index contributed by atoms with van der Waals surface area (Å²) < 4.78 is 6.26. The summed E-state index contributed by atoms with van der Waals surface area (Å²) in [6.45, 7) is 3.58. The predicted octanol–water partition coefficient (Wildman–Crippen LogP) is 2.96.